The molecule has 2 heterocycles. The Hall–Kier alpha value is -8.33. The Balaban J connectivity index is 1.63. The zero-order valence-electron chi connectivity index (χ0n) is 63.0. The number of amides is 8. The average Bonchev–Trinajstić information content (AvgIpc) is 0.812. The monoisotopic (exact) mass is 1660 g/mol. The molecule has 1 saturated heterocycles. The van der Waals surface area contributed by atoms with Crippen LogP contribution in [-0.2, 0) is 73.2 Å². The molecular weight excluding hydrogens is 1550 g/mol. The Morgan fingerprint density at radius 3 is 1.48 bits per heavy atom. The van der Waals surface area contributed by atoms with Crippen LogP contribution in [0.4, 0.5) is 8.68 Å². The van der Waals surface area contributed by atoms with Crippen LogP contribution >= 0.6 is 33.3 Å². The number of carboxylic acids is 7. The Morgan fingerprint density at radius 1 is 0.523 bits per heavy atom. The summed E-state index contributed by atoms with van der Waals surface area (Å²) in [6, 6.07) is -3.13. The first-order chi connectivity index (χ1) is 51.7. The van der Waals surface area contributed by atoms with Crippen LogP contribution in [0.1, 0.15) is 160 Å². The number of unbranched alkanes of at least 4 members (excludes halogenated alkanes) is 1. The van der Waals surface area contributed by atoms with Crippen molar-refractivity contribution in [1.82, 2.24) is 72.2 Å². The molecule has 3 rings (SSSR count). The van der Waals surface area contributed by atoms with Crippen LogP contribution in [0.25, 0.3) is 0 Å². The highest BCUT2D eigenvalue weighted by molar-refractivity contribution is 8.31. The van der Waals surface area contributed by atoms with E-state index in [0.717, 1.165) is 4.68 Å². The van der Waals surface area contributed by atoms with Gasteiger partial charge in [-0.1, -0.05) is 15.6 Å². The third kappa shape index (κ3) is 36.8. The molecule has 1 aromatic carbocycles. The second kappa shape index (κ2) is 46.6. The number of halogens is 1. The van der Waals surface area contributed by atoms with Crippen molar-refractivity contribution in [1.29, 1.82) is 0 Å². The van der Waals surface area contributed by atoms with E-state index in [1.54, 1.807) is 56.2 Å². The Kier molecular flexibility index (Phi) is 40.7. The minimum atomic E-state index is -4.15. The minimum absolute atomic E-state index is 0.00179. The zero-order chi connectivity index (χ0) is 83.6. The number of urea groups is 1. The van der Waals surface area contributed by atoms with Crippen molar-refractivity contribution in [3.63, 3.8) is 0 Å². The lowest BCUT2D eigenvalue weighted by molar-refractivity contribution is -0.142. The molecule has 40 nitrogen and oxygen atoms in total. The number of carboxylic acid groups (broad SMARTS) is 7. The van der Waals surface area contributed by atoms with Gasteiger partial charge < -0.3 is 93.0 Å². The van der Waals surface area contributed by atoms with E-state index in [-0.39, 0.29) is 160 Å². The van der Waals surface area contributed by atoms with E-state index in [1.165, 1.54) is 30.5 Å². The summed E-state index contributed by atoms with van der Waals surface area (Å²) in [5.41, 5.74) is 0.134. The van der Waals surface area contributed by atoms with Gasteiger partial charge >= 0.3 is 47.8 Å². The number of aromatic nitrogens is 3. The van der Waals surface area contributed by atoms with Gasteiger partial charge in [0.2, 0.25) is 44.3 Å². The van der Waals surface area contributed by atoms with Crippen molar-refractivity contribution in [2.24, 2.45) is 0 Å². The van der Waals surface area contributed by atoms with Gasteiger partial charge in [-0.05, 0) is 117 Å². The van der Waals surface area contributed by atoms with Crippen LogP contribution in [0.3, 0.4) is 0 Å². The standard InChI is InChI=1S/C66H108FN14O26P3S/c1-65(2,3)111(67,66(4,5)6)45-17-15-43(16-18-45)58(92)71-38-50(81-39-44(76-77-81)37-70-53(84)24-35-109(104,105)41-79-30-28-78(40-108(103)34-23-56(88)89)29-31-80(33-32-79)42-110(106,107)36-25-57(90)91)59(93)73-47(61(96)97)11-7-8-26-68-51(82)21-22-52(83)69-27-10-13-46(60(94)95)72-54(85)20-19-49(63(100)101)75-64(102)74-48(62(98)99)12-9-14-55(86)87/h15-18,39,46-50,103H,7-14,19-38,40-42H2,1-6H3,(H,68,82)(H,69,83)(H,70,84)(H,71,92)(H,72,85)(H,73,93)(H,86,87)(H,88,89)(H,90,91)(H,94,95)(H,96,97)(H,98,99)(H,100,101)(H,104,105)(H,106,107)(H2,74,75,102)/t46-,47+,48+,49+,50+,108?/m1/s1. The maximum atomic E-state index is 17.1. The molecule has 111 heavy (non-hydrogen) atoms. The van der Waals surface area contributed by atoms with Crippen LogP contribution in [0.15, 0.2) is 35.4 Å². The third-order valence-electron chi connectivity index (χ3n) is 17.4. The Bertz CT molecular complexity index is 3610. The first-order valence-electron chi connectivity index (χ1n) is 35.8. The predicted octanol–water partition coefficient (Wildman–Crippen LogP) is 1.91. The van der Waals surface area contributed by atoms with Gasteiger partial charge in [0.15, 0.2) is 0 Å². The van der Waals surface area contributed by atoms with Crippen molar-refractivity contribution in [2.75, 3.05) is 96.2 Å². The van der Waals surface area contributed by atoms with Crippen molar-refractivity contribution >= 4 is 117 Å². The van der Waals surface area contributed by atoms with Crippen LogP contribution in [0.2, 0.25) is 0 Å². The fraction of sp³-hybridized carbons (Fsp3) is 0.667. The van der Waals surface area contributed by atoms with E-state index in [0.29, 0.717) is 4.90 Å². The summed E-state index contributed by atoms with van der Waals surface area (Å²) >= 11 is 0. The summed E-state index contributed by atoms with van der Waals surface area (Å²) in [6.45, 7) is 10.9. The van der Waals surface area contributed by atoms with Gasteiger partial charge in [-0.15, -0.1) is 5.10 Å². The highest BCUT2D eigenvalue weighted by Gasteiger charge is 2.48. The highest BCUT2D eigenvalue weighted by atomic mass is 32.3. The molecule has 626 valence electrons. The first-order valence-corrected chi connectivity index (χ1v) is 43.0. The molecule has 8 amide bonds. The lowest BCUT2D eigenvalue weighted by Gasteiger charge is -2.52. The second-order valence-corrected chi connectivity index (χ2v) is 39.2. The van der Waals surface area contributed by atoms with Crippen molar-refractivity contribution < 1.29 is 131 Å². The summed E-state index contributed by atoms with van der Waals surface area (Å²) in [5, 5.41) is 93.1. The quantitative estimate of drug-likeness (QED) is 0.0332. The maximum absolute atomic E-state index is 17.1. The maximum Gasteiger partial charge on any atom is 0.326 e. The number of hydrogen-bond donors (Lipinski definition) is 18. The van der Waals surface area contributed by atoms with Gasteiger partial charge in [-0.2, -0.15) is 3.89 Å². The van der Waals surface area contributed by atoms with Gasteiger partial charge in [0.05, 0.1) is 38.2 Å². The van der Waals surface area contributed by atoms with E-state index in [4.69, 9.17) is 15.3 Å². The van der Waals surface area contributed by atoms with E-state index in [9.17, 15) is 111 Å². The molecular formula is C66H108FN14O26P3S. The van der Waals surface area contributed by atoms with E-state index >= 15 is 3.89 Å². The van der Waals surface area contributed by atoms with Gasteiger partial charge in [0.1, 0.15) is 35.9 Å². The number of hydrogen-bond acceptors (Lipinski definition) is 22. The normalized spacial score (nSPS) is 16.2. The number of carbonyl (C=O) groups excluding carboxylic acids is 7. The minimum Gasteiger partial charge on any atom is -0.481 e. The summed E-state index contributed by atoms with van der Waals surface area (Å²) in [5.74, 6) is -14.0. The lowest BCUT2D eigenvalue weighted by atomic mass is 10.1. The molecule has 1 aliphatic rings. The largest absolute Gasteiger partial charge is 0.481 e. The lowest BCUT2D eigenvalue weighted by Crippen LogP contribution is -2.51. The van der Waals surface area contributed by atoms with Crippen molar-refractivity contribution in [3.8, 4) is 0 Å². The summed E-state index contributed by atoms with van der Waals surface area (Å²) in [6.07, 6.45) is -4.39. The van der Waals surface area contributed by atoms with Crippen LogP contribution in [0, 0.1) is 0 Å². The molecule has 2 aromatic rings. The number of benzene rings is 1. The highest BCUT2D eigenvalue weighted by Crippen LogP contribution is 2.74. The molecule has 18 N–H and O–H groups in total. The molecule has 8 atom stereocenters. The molecule has 0 spiro atoms. The molecule has 0 saturated carbocycles. The third-order valence-corrected chi connectivity index (χ3v) is 26.7. The smallest absolute Gasteiger partial charge is 0.326 e. The fourth-order valence-electron chi connectivity index (χ4n) is 11.6. The van der Waals surface area contributed by atoms with E-state index in [1.807, 2.05) is 10.6 Å². The number of rotatable bonds is 50. The number of aliphatic carboxylic acids is 7. The number of nitrogens with one attached hydrogen (secondary N) is 8. The predicted molar refractivity (Wildman–Crippen MR) is 401 cm³/mol. The van der Waals surface area contributed by atoms with Crippen LogP contribution in [0.5, 0.6) is 0 Å². The summed E-state index contributed by atoms with van der Waals surface area (Å²) in [4.78, 5) is 211. The topological polar surface area (TPSA) is 612 Å². The molecule has 0 radical (unpaired) electrons. The Morgan fingerprint density at radius 2 is 0.973 bits per heavy atom. The van der Waals surface area contributed by atoms with Gasteiger partial charge in [0, 0.05) is 144 Å². The van der Waals surface area contributed by atoms with E-state index in [2.05, 4.69) is 42.2 Å². The van der Waals surface area contributed by atoms with Gasteiger partial charge in [-0.3, -0.25) is 67.0 Å². The van der Waals surface area contributed by atoms with Crippen molar-refractivity contribution in [3.05, 3.63) is 41.7 Å². The second-order valence-electron chi connectivity index (χ2n) is 28.6. The molecule has 0 aliphatic carbocycles. The summed E-state index contributed by atoms with van der Waals surface area (Å²) < 4.78 is 43.4. The molecule has 0 bridgehead atoms. The summed E-state index contributed by atoms with van der Waals surface area (Å²) in [7, 11) is -12.9. The van der Waals surface area contributed by atoms with Gasteiger partial charge in [0.25, 0.3) is 5.91 Å². The zero-order valence-corrected chi connectivity index (χ0v) is 66.5. The number of nitrogens with zero attached hydrogens (tertiary/aromatic N) is 6. The van der Waals surface area contributed by atoms with Gasteiger partial charge in [-0.25, -0.2) is 28.7 Å². The molecule has 1 fully saturated rings. The fourth-order valence-corrected chi connectivity index (χ4v) is 19.9. The average molecular weight is 1660 g/mol. The van der Waals surface area contributed by atoms with Crippen LogP contribution in [-0.4, -0.2) is 293 Å². The van der Waals surface area contributed by atoms with E-state index < -0.39 is 207 Å². The number of carbonyl (C=O) groups is 14. The Labute approximate surface area is 643 Å². The molecule has 3 unspecified atom stereocenters. The van der Waals surface area contributed by atoms with Crippen LogP contribution < -0.4 is 42.5 Å². The first kappa shape index (κ1) is 96.9. The molecule has 1 aliphatic heterocycles. The SMILES string of the molecule is CC(C)(C)S(F)(c1ccc(C(=O)NC[C@@H](C(=O)N[C@@H](CCCCNC(=O)CCC(=O)NCCC[C@@H](NC(=O)CC[C@H](NC(=O)N[C@@H](CCCC(=O)O)C(=O)O)C(=O)O)C(=O)O)C(=O)O)n2cc(CNC(=O)CCP(=O)(O)CN3CCN(CP(O)CCC(=O)O)CCN(CP(=O)(O)CCC(=O)O)CC3)nn2)cc1)C(C)(C)C. The molecule has 45 heteroatoms. The van der Waals surface area contributed by atoms with Crippen molar-refractivity contribution in [2.45, 2.75) is 189 Å². The molecule has 1 aromatic heterocycles.